The van der Waals surface area contributed by atoms with Crippen molar-refractivity contribution in [2.45, 2.75) is 44.8 Å². The van der Waals surface area contributed by atoms with E-state index < -0.39 is 5.60 Å². The number of nitrogens with zero attached hydrogens (tertiary/aromatic N) is 4. The van der Waals surface area contributed by atoms with Crippen molar-refractivity contribution in [1.29, 1.82) is 0 Å². The fraction of sp³-hybridized carbons (Fsp3) is 0.550. The Morgan fingerprint density at radius 1 is 1.27 bits per heavy atom. The standard InChI is InChI=1S/C20H26N4O2/c1-14-12-18(23-19(22-14)15-5-8-21-9-6-15)24-10-3-4-17(24)16-13-26-11-7-20(16,2)25/h5-6,8-9,12,16-17,25H,3-4,7,10-11,13H2,1-2H3. The van der Waals surface area contributed by atoms with E-state index in [1.807, 2.05) is 32.0 Å². The van der Waals surface area contributed by atoms with Crippen LogP contribution in [0.1, 0.15) is 31.9 Å². The summed E-state index contributed by atoms with van der Waals surface area (Å²) in [6, 6.07) is 6.14. The van der Waals surface area contributed by atoms with Crippen LogP contribution in [-0.4, -0.2) is 51.5 Å². The van der Waals surface area contributed by atoms with E-state index in [4.69, 9.17) is 9.72 Å². The minimum absolute atomic E-state index is 0.0957. The molecule has 0 aliphatic carbocycles. The van der Waals surface area contributed by atoms with E-state index in [9.17, 15) is 5.11 Å². The third kappa shape index (κ3) is 3.31. The van der Waals surface area contributed by atoms with Gasteiger partial charge in [-0.3, -0.25) is 4.98 Å². The summed E-state index contributed by atoms with van der Waals surface area (Å²) < 4.78 is 5.70. The van der Waals surface area contributed by atoms with Crippen molar-refractivity contribution in [3.05, 3.63) is 36.3 Å². The summed E-state index contributed by atoms with van der Waals surface area (Å²) in [7, 11) is 0. The highest BCUT2D eigenvalue weighted by Gasteiger charge is 2.44. The minimum atomic E-state index is -0.693. The normalized spacial score (nSPS) is 29.1. The van der Waals surface area contributed by atoms with Gasteiger partial charge in [-0.15, -0.1) is 0 Å². The van der Waals surface area contributed by atoms with Crippen molar-refractivity contribution in [2.75, 3.05) is 24.7 Å². The average Bonchev–Trinajstić information content (AvgIpc) is 3.11. The number of anilines is 1. The van der Waals surface area contributed by atoms with Gasteiger partial charge in [0.15, 0.2) is 5.82 Å². The number of pyridine rings is 1. The van der Waals surface area contributed by atoms with E-state index >= 15 is 0 Å². The molecule has 6 nitrogen and oxygen atoms in total. The molecule has 0 amide bonds. The van der Waals surface area contributed by atoms with Crippen molar-refractivity contribution in [3.63, 3.8) is 0 Å². The molecule has 0 spiro atoms. The SMILES string of the molecule is Cc1cc(N2CCCC2C2COCCC2(C)O)nc(-c2ccncc2)n1. The molecule has 26 heavy (non-hydrogen) atoms. The van der Waals surface area contributed by atoms with Gasteiger partial charge in [0.1, 0.15) is 5.82 Å². The first-order chi connectivity index (χ1) is 12.5. The van der Waals surface area contributed by atoms with Gasteiger partial charge in [-0.1, -0.05) is 0 Å². The number of aryl methyl sites for hydroxylation is 1. The molecular formula is C20H26N4O2. The van der Waals surface area contributed by atoms with Crippen LogP contribution in [0.2, 0.25) is 0 Å². The lowest BCUT2D eigenvalue weighted by molar-refractivity contribution is -0.108. The van der Waals surface area contributed by atoms with E-state index in [1.54, 1.807) is 12.4 Å². The van der Waals surface area contributed by atoms with Gasteiger partial charge in [0, 0.05) is 54.8 Å². The number of rotatable bonds is 3. The summed E-state index contributed by atoms with van der Waals surface area (Å²) in [6.07, 6.45) is 6.36. The molecule has 4 rings (SSSR count). The van der Waals surface area contributed by atoms with Crippen LogP contribution >= 0.6 is 0 Å². The van der Waals surface area contributed by atoms with Gasteiger partial charge in [0.05, 0.1) is 12.2 Å². The van der Waals surface area contributed by atoms with E-state index in [1.165, 1.54) is 0 Å². The van der Waals surface area contributed by atoms with Crippen LogP contribution in [0.15, 0.2) is 30.6 Å². The van der Waals surface area contributed by atoms with Crippen LogP contribution < -0.4 is 4.90 Å². The van der Waals surface area contributed by atoms with Gasteiger partial charge in [0.2, 0.25) is 0 Å². The van der Waals surface area contributed by atoms with E-state index in [-0.39, 0.29) is 12.0 Å². The van der Waals surface area contributed by atoms with Gasteiger partial charge in [-0.05, 0) is 45.2 Å². The summed E-state index contributed by atoms with van der Waals surface area (Å²) in [5.41, 5.74) is 1.22. The molecule has 0 radical (unpaired) electrons. The first kappa shape index (κ1) is 17.4. The molecule has 2 aliphatic rings. The molecule has 0 saturated carbocycles. The van der Waals surface area contributed by atoms with Crippen molar-refractivity contribution >= 4 is 5.82 Å². The molecule has 6 heteroatoms. The first-order valence-corrected chi connectivity index (χ1v) is 9.37. The second-order valence-corrected chi connectivity index (χ2v) is 7.62. The molecule has 3 unspecified atom stereocenters. The summed E-state index contributed by atoms with van der Waals surface area (Å²) in [4.78, 5) is 15.9. The van der Waals surface area contributed by atoms with Gasteiger partial charge >= 0.3 is 0 Å². The Labute approximate surface area is 154 Å². The highest BCUT2D eigenvalue weighted by molar-refractivity contribution is 5.57. The van der Waals surface area contributed by atoms with Crippen molar-refractivity contribution in [3.8, 4) is 11.4 Å². The molecule has 0 aromatic carbocycles. The Hall–Kier alpha value is -2.05. The third-order valence-electron chi connectivity index (χ3n) is 5.69. The molecule has 2 fully saturated rings. The first-order valence-electron chi connectivity index (χ1n) is 9.37. The third-order valence-corrected chi connectivity index (χ3v) is 5.69. The topological polar surface area (TPSA) is 71.4 Å². The number of aromatic nitrogens is 3. The molecular weight excluding hydrogens is 328 g/mol. The fourth-order valence-electron chi connectivity index (χ4n) is 4.20. The summed E-state index contributed by atoms with van der Waals surface area (Å²) in [6.45, 7) is 6.14. The predicted octanol–water partition coefficient (Wildman–Crippen LogP) is 2.60. The number of hydrogen-bond acceptors (Lipinski definition) is 6. The van der Waals surface area contributed by atoms with Gasteiger partial charge in [-0.25, -0.2) is 9.97 Å². The Balaban J connectivity index is 1.67. The zero-order valence-corrected chi connectivity index (χ0v) is 15.4. The van der Waals surface area contributed by atoms with Gasteiger partial charge in [0.25, 0.3) is 0 Å². The highest BCUT2D eigenvalue weighted by Crippen LogP contribution is 2.38. The summed E-state index contributed by atoms with van der Waals surface area (Å²) >= 11 is 0. The predicted molar refractivity (Wildman–Crippen MR) is 99.9 cm³/mol. The summed E-state index contributed by atoms with van der Waals surface area (Å²) in [5, 5.41) is 10.9. The molecule has 2 aromatic rings. The zero-order chi connectivity index (χ0) is 18.1. The second kappa shape index (κ2) is 6.93. The molecule has 1 N–H and O–H groups in total. The Morgan fingerprint density at radius 2 is 2.08 bits per heavy atom. The van der Waals surface area contributed by atoms with Crippen molar-refractivity contribution in [2.24, 2.45) is 5.92 Å². The fourth-order valence-corrected chi connectivity index (χ4v) is 4.20. The van der Waals surface area contributed by atoms with Crippen LogP contribution in [0.4, 0.5) is 5.82 Å². The van der Waals surface area contributed by atoms with Crippen molar-refractivity contribution < 1.29 is 9.84 Å². The largest absolute Gasteiger partial charge is 0.390 e. The van der Waals surface area contributed by atoms with Gasteiger partial charge < -0.3 is 14.7 Å². The molecule has 4 heterocycles. The Morgan fingerprint density at radius 3 is 2.85 bits per heavy atom. The molecule has 138 valence electrons. The molecule has 2 aliphatic heterocycles. The quantitative estimate of drug-likeness (QED) is 0.913. The smallest absolute Gasteiger partial charge is 0.161 e. The maximum Gasteiger partial charge on any atom is 0.161 e. The number of aliphatic hydroxyl groups is 1. The maximum absolute atomic E-state index is 10.9. The zero-order valence-electron chi connectivity index (χ0n) is 15.4. The monoisotopic (exact) mass is 354 g/mol. The Bertz CT molecular complexity index is 766. The van der Waals surface area contributed by atoms with Crippen molar-refractivity contribution in [1.82, 2.24) is 15.0 Å². The van der Waals surface area contributed by atoms with E-state index in [2.05, 4.69) is 14.9 Å². The molecule has 2 aromatic heterocycles. The summed E-state index contributed by atoms with van der Waals surface area (Å²) in [5.74, 6) is 1.76. The average molecular weight is 354 g/mol. The van der Waals surface area contributed by atoms with Crippen LogP contribution in [-0.2, 0) is 4.74 Å². The van der Waals surface area contributed by atoms with Gasteiger partial charge in [-0.2, -0.15) is 0 Å². The van der Waals surface area contributed by atoms with Crippen LogP contribution in [0.3, 0.4) is 0 Å². The maximum atomic E-state index is 10.9. The van der Waals surface area contributed by atoms with E-state index in [0.29, 0.717) is 19.6 Å². The number of hydrogen-bond donors (Lipinski definition) is 1. The van der Waals surface area contributed by atoms with Crippen LogP contribution in [0.25, 0.3) is 11.4 Å². The lowest BCUT2D eigenvalue weighted by Gasteiger charge is -2.43. The lowest BCUT2D eigenvalue weighted by atomic mass is 9.79. The second-order valence-electron chi connectivity index (χ2n) is 7.62. The minimum Gasteiger partial charge on any atom is -0.390 e. The molecule has 0 bridgehead atoms. The van der Waals surface area contributed by atoms with Crippen LogP contribution in [0, 0.1) is 12.8 Å². The number of ether oxygens (including phenoxy) is 1. The van der Waals surface area contributed by atoms with E-state index in [0.717, 1.165) is 42.3 Å². The highest BCUT2D eigenvalue weighted by atomic mass is 16.5. The molecule has 3 atom stereocenters. The Kier molecular flexibility index (Phi) is 4.63. The lowest BCUT2D eigenvalue weighted by Crippen LogP contribution is -2.52. The van der Waals surface area contributed by atoms with Crippen LogP contribution in [0.5, 0.6) is 0 Å². The molecule has 2 saturated heterocycles.